The SMILES string of the molecule is CC(C)(C)c1cc(C(C)(C)C)cc(C(C)(C)C)c1.COc1cccc(OC)c1C(C)(C)C. The van der Waals surface area contributed by atoms with E-state index in [9.17, 15) is 0 Å². The lowest BCUT2D eigenvalue weighted by Gasteiger charge is -2.29. The van der Waals surface area contributed by atoms with Crippen LogP contribution in [0.5, 0.6) is 11.5 Å². The van der Waals surface area contributed by atoms with Gasteiger partial charge in [-0.3, -0.25) is 0 Å². The highest BCUT2D eigenvalue weighted by molar-refractivity contribution is 5.48. The third-order valence-corrected chi connectivity index (χ3v) is 5.71. The van der Waals surface area contributed by atoms with Crippen molar-refractivity contribution >= 4 is 0 Å². The van der Waals surface area contributed by atoms with Crippen molar-refractivity contribution in [3.8, 4) is 11.5 Å². The molecule has 32 heavy (non-hydrogen) atoms. The van der Waals surface area contributed by atoms with E-state index in [4.69, 9.17) is 9.47 Å². The third-order valence-electron chi connectivity index (χ3n) is 5.71. The first-order valence-corrected chi connectivity index (χ1v) is 11.7. The van der Waals surface area contributed by atoms with E-state index in [0.717, 1.165) is 17.1 Å². The molecule has 0 saturated heterocycles. The van der Waals surface area contributed by atoms with Gasteiger partial charge in [0.1, 0.15) is 11.5 Å². The Labute approximate surface area is 198 Å². The van der Waals surface area contributed by atoms with Gasteiger partial charge in [-0.2, -0.15) is 0 Å². The molecule has 180 valence electrons. The summed E-state index contributed by atoms with van der Waals surface area (Å²) in [6.07, 6.45) is 0. The minimum Gasteiger partial charge on any atom is -0.496 e. The highest BCUT2D eigenvalue weighted by Crippen LogP contribution is 2.38. The summed E-state index contributed by atoms with van der Waals surface area (Å²) in [5, 5.41) is 0. The average molecular weight is 441 g/mol. The number of benzene rings is 2. The Morgan fingerprint density at radius 3 is 0.938 bits per heavy atom. The van der Waals surface area contributed by atoms with Gasteiger partial charge in [-0.05, 0) is 50.5 Å². The van der Waals surface area contributed by atoms with Crippen molar-refractivity contribution in [2.75, 3.05) is 14.2 Å². The van der Waals surface area contributed by atoms with Crippen molar-refractivity contribution in [3.05, 3.63) is 58.7 Å². The van der Waals surface area contributed by atoms with E-state index in [1.807, 2.05) is 18.2 Å². The zero-order valence-corrected chi connectivity index (χ0v) is 23.3. The normalized spacial score (nSPS) is 12.7. The highest BCUT2D eigenvalue weighted by atomic mass is 16.5. The Bertz CT molecular complexity index is 778. The molecule has 0 saturated carbocycles. The van der Waals surface area contributed by atoms with Crippen molar-refractivity contribution in [2.24, 2.45) is 0 Å². The van der Waals surface area contributed by atoms with Crippen LogP contribution in [0.15, 0.2) is 36.4 Å². The van der Waals surface area contributed by atoms with E-state index in [1.165, 1.54) is 16.7 Å². The fraction of sp³-hybridized carbons (Fsp3) is 0.600. The fourth-order valence-corrected chi connectivity index (χ4v) is 3.52. The molecule has 2 heteroatoms. The minimum atomic E-state index is 0.0257. The average Bonchev–Trinajstić information content (AvgIpc) is 2.64. The van der Waals surface area contributed by atoms with Crippen LogP contribution in [0.1, 0.15) is 105 Å². The zero-order chi connectivity index (χ0) is 25.1. The molecule has 0 aliphatic rings. The molecule has 0 aromatic heterocycles. The van der Waals surface area contributed by atoms with Gasteiger partial charge in [0.25, 0.3) is 0 Å². The molecule has 0 fully saturated rings. The maximum absolute atomic E-state index is 5.33. The van der Waals surface area contributed by atoms with Crippen molar-refractivity contribution in [1.82, 2.24) is 0 Å². The van der Waals surface area contributed by atoms with Gasteiger partial charge in [0.2, 0.25) is 0 Å². The Morgan fingerprint density at radius 2 is 0.750 bits per heavy atom. The summed E-state index contributed by atoms with van der Waals surface area (Å²) < 4.78 is 10.7. The number of ether oxygens (including phenoxy) is 2. The Hall–Kier alpha value is -1.96. The molecule has 0 radical (unpaired) electrons. The van der Waals surface area contributed by atoms with E-state index in [0.29, 0.717) is 0 Å². The van der Waals surface area contributed by atoms with E-state index in [-0.39, 0.29) is 21.7 Å². The van der Waals surface area contributed by atoms with Gasteiger partial charge in [0, 0.05) is 5.56 Å². The second-order valence-electron chi connectivity index (χ2n) is 12.8. The lowest BCUT2D eigenvalue weighted by atomic mass is 9.76. The molecule has 0 N–H and O–H groups in total. The predicted molar refractivity (Wildman–Crippen MR) is 141 cm³/mol. The molecule has 0 atom stereocenters. The van der Waals surface area contributed by atoms with Crippen LogP contribution in [0.25, 0.3) is 0 Å². The second-order valence-corrected chi connectivity index (χ2v) is 12.8. The molecule has 0 amide bonds. The first kappa shape index (κ1) is 28.1. The number of hydrogen-bond donors (Lipinski definition) is 0. The number of methoxy groups -OCH3 is 2. The van der Waals surface area contributed by atoms with Crippen LogP contribution >= 0.6 is 0 Å². The van der Waals surface area contributed by atoms with Gasteiger partial charge < -0.3 is 9.47 Å². The number of hydrogen-bond acceptors (Lipinski definition) is 2. The van der Waals surface area contributed by atoms with Crippen molar-refractivity contribution < 1.29 is 9.47 Å². The zero-order valence-electron chi connectivity index (χ0n) is 23.3. The molecule has 0 heterocycles. The van der Waals surface area contributed by atoms with Crippen LogP contribution < -0.4 is 9.47 Å². The highest BCUT2D eigenvalue weighted by Gasteiger charge is 2.24. The Morgan fingerprint density at radius 1 is 0.469 bits per heavy atom. The molecule has 0 aliphatic heterocycles. The van der Waals surface area contributed by atoms with Gasteiger partial charge in [0.05, 0.1) is 14.2 Å². The second kappa shape index (κ2) is 9.89. The molecule has 0 unspecified atom stereocenters. The summed E-state index contributed by atoms with van der Waals surface area (Å²) in [4.78, 5) is 0. The first-order chi connectivity index (χ1) is 14.3. The summed E-state index contributed by atoms with van der Waals surface area (Å²) in [5.41, 5.74) is 6.10. The topological polar surface area (TPSA) is 18.5 Å². The molecule has 0 aliphatic carbocycles. The summed E-state index contributed by atoms with van der Waals surface area (Å²) >= 11 is 0. The van der Waals surface area contributed by atoms with Crippen LogP contribution in [-0.4, -0.2) is 14.2 Å². The summed E-state index contributed by atoms with van der Waals surface area (Å²) in [5.74, 6) is 1.77. The Balaban J connectivity index is 0.000000330. The van der Waals surface area contributed by atoms with E-state index < -0.39 is 0 Å². The summed E-state index contributed by atoms with van der Waals surface area (Å²) in [7, 11) is 3.37. The van der Waals surface area contributed by atoms with Gasteiger partial charge >= 0.3 is 0 Å². The van der Waals surface area contributed by atoms with E-state index in [1.54, 1.807) is 14.2 Å². The van der Waals surface area contributed by atoms with Crippen LogP contribution in [-0.2, 0) is 21.7 Å². The van der Waals surface area contributed by atoms with E-state index >= 15 is 0 Å². The smallest absolute Gasteiger partial charge is 0.126 e. The number of rotatable bonds is 2. The van der Waals surface area contributed by atoms with Crippen LogP contribution in [0.2, 0.25) is 0 Å². The lowest BCUT2D eigenvalue weighted by molar-refractivity contribution is 0.367. The fourth-order valence-electron chi connectivity index (χ4n) is 3.52. The van der Waals surface area contributed by atoms with Gasteiger partial charge in [-0.25, -0.2) is 0 Å². The quantitative estimate of drug-likeness (QED) is 0.465. The minimum absolute atomic E-state index is 0.0257. The van der Waals surface area contributed by atoms with Crippen molar-refractivity contribution in [3.63, 3.8) is 0 Å². The largest absolute Gasteiger partial charge is 0.496 e. The molecule has 0 spiro atoms. The van der Waals surface area contributed by atoms with Gasteiger partial charge in [-0.15, -0.1) is 0 Å². The Kier molecular flexibility index (Phi) is 8.68. The molecule has 2 nitrogen and oxygen atoms in total. The van der Waals surface area contributed by atoms with Crippen LogP contribution in [0.3, 0.4) is 0 Å². The maximum atomic E-state index is 5.33. The molecular weight excluding hydrogens is 392 g/mol. The standard InChI is InChI=1S/C18H30.C12H18O2/c1-16(2,3)13-10-14(17(4,5)6)12-15(11-13)18(7,8)9;1-12(2,3)11-9(13-4)7-6-8-10(11)14-5/h10-12H,1-9H3;6-8H,1-5H3. The summed E-state index contributed by atoms with van der Waals surface area (Å²) in [6, 6.07) is 13.0. The van der Waals surface area contributed by atoms with Crippen molar-refractivity contribution in [1.29, 1.82) is 0 Å². The molecular formula is C30H48O2. The van der Waals surface area contributed by atoms with Gasteiger partial charge in [-0.1, -0.05) is 107 Å². The molecule has 2 rings (SSSR count). The van der Waals surface area contributed by atoms with Gasteiger partial charge in [0.15, 0.2) is 0 Å². The molecule has 0 bridgehead atoms. The van der Waals surface area contributed by atoms with Crippen molar-refractivity contribution in [2.45, 2.75) is 105 Å². The first-order valence-electron chi connectivity index (χ1n) is 11.7. The van der Waals surface area contributed by atoms with E-state index in [2.05, 4.69) is 101 Å². The maximum Gasteiger partial charge on any atom is 0.126 e. The van der Waals surface area contributed by atoms with Crippen LogP contribution in [0.4, 0.5) is 0 Å². The molecule has 2 aromatic rings. The third kappa shape index (κ3) is 7.57. The lowest BCUT2D eigenvalue weighted by Crippen LogP contribution is -2.20. The summed E-state index contributed by atoms with van der Waals surface area (Å²) in [6.45, 7) is 27.1. The van der Waals surface area contributed by atoms with Crippen LogP contribution in [0, 0.1) is 0 Å². The molecule has 2 aromatic carbocycles. The predicted octanol–water partition coefficient (Wildman–Crippen LogP) is 8.58. The monoisotopic (exact) mass is 440 g/mol.